The molecule has 1 aromatic rings. The van der Waals surface area contributed by atoms with Crippen LogP contribution in [0.4, 0.5) is 5.69 Å². The molecule has 5 nitrogen and oxygen atoms in total. The van der Waals surface area contributed by atoms with Gasteiger partial charge in [0.15, 0.2) is 0 Å². The number of amides is 2. The van der Waals surface area contributed by atoms with Crippen LogP contribution in [-0.4, -0.2) is 22.9 Å². The fraction of sp³-hybridized carbons (Fsp3) is 0.235. The van der Waals surface area contributed by atoms with Crippen molar-refractivity contribution in [3.8, 4) is 0 Å². The van der Waals surface area contributed by atoms with Gasteiger partial charge in [-0.25, -0.2) is 4.79 Å². The number of rotatable bonds is 3. The van der Waals surface area contributed by atoms with Crippen LogP contribution in [0.3, 0.4) is 0 Å². The van der Waals surface area contributed by atoms with Gasteiger partial charge in [-0.15, -0.1) is 0 Å². The highest BCUT2D eigenvalue weighted by atomic mass is 35.5. The highest BCUT2D eigenvalue weighted by Crippen LogP contribution is 2.40. The molecular formula is C17H14ClNO4. The van der Waals surface area contributed by atoms with Crippen LogP contribution in [-0.2, 0) is 14.4 Å². The van der Waals surface area contributed by atoms with Gasteiger partial charge in [-0.1, -0.05) is 29.8 Å². The molecule has 0 radical (unpaired) electrons. The maximum atomic E-state index is 12.6. The van der Waals surface area contributed by atoms with Gasteiger partial charge in [0.05, 0.1) is 17.5 Å². The summed E-state index contributed by atoms with van der Waals surface area (Å²) in [5.41, 5.74) is 1.06. The number of carbonyl (C=O) groups excluding carboxylic acids is 2. The first-order chi connectivity index (χ1) is 11.0. The van der Waals surface area contributed by atoms with Crippen LogP contribution in [0.25, 0.3) is 6.08 Å². The Morgan fingerprint density at radius 3 is 2.74 bits per heavy atom. The Hall–Kier alpha value is -2.40. The van der Waals surface area contributed by atoms with Crippen LogP contribution in [0, 0.1) is 11.8 Å². The van der Waals surface area contributed by atoms with E-state index in [0.29, 0.717) is 29.1 Å². The monoisotopic (exact) mass is 331 g/mol. The molecule has 1 aliphatic heterocycles. The summed E-state index contributed by atoms with van der Waals surface area (Å²) >= 11 is 6.00. The van der Waals surface area contributed by atoms with Gasteiger partial charge in [-0.05, 0) is 36.6 Å². The minimum Gasteiger partial charge on any atom is -0.478 e. The molecule has 0 aromatic heterocycles. The standard InChI is InChI=1S/C17H14ClNO4/c18-11-5-6-13-14(9-11)17(23)19(16(13)22)12-3-1-2-10(8-12)4-7-15(20)21/h1-5,7-8,13-14H,6,9H2,(H,20,21)/t13-,14+/m1/s1. The Bertz CT molecular complexity index is 753. The van der Waals surface area contributed by atoms with Crippen LogP contribution in [0.1, 0.15) is 18.4 Å². The van der Waals surface area contributed by atoms with Gasteiger partial charge in [0.25, 0.3) is 0 Å². The number of benzene rings is 1. The number of imide groups is 1. The second-order valence-corrected chi connectivity index (χ2v) is 6.07. The number of hydrogen-bond donors (Lipinski definition) is 1. The number of carbonyl (C=O) groups is 3. The van der Waals surface area contributed by atoms with Gasteiger partial charge in [-0.3, -0.25) is 14.5 Å². The highest BCUT2D eigenvalue weighted by molar-refractivity contribution is 6.30. The van der Waals surface area contributed by atoms with Gasteiger partial charge in [0, 0.05) is 11.1 Å². The van der Waals surface area contributed by atoms with Crippen molar-refractivity contribution in [2.45, 2.75) is 12.8 Å². The fourth-order valence-electron chi connectivity index (χ4n) is 3.02. The smallest absolute Gasteiger partial charge is 0.328 e. The third-order valence-corrected chi connectivity index (χ3v) is 4.42. The lowest BCUT2D eigenvalue weighted by molar-refractivity contribution is -0.131. The van der Waals surface area contributed by atoms with E-state index in [1.165, 1.54) is 11.0 Å². The lowest BCUT2D eigenvalue weighted by atomic mass is 9.85. The summed E-state index contributed by atoms with van der Waals surface area (Å²) in [6.07, 6.45) is 5.09. The molecule has 1 saturated heterocycles. The van der Waals surface area contributed by atoms with Gasteiger partial charge in [0.1, 0.15) is 0 Å². The molecule has 118 valence electrons. The van der Waals surface area contributed by atoms with Crippen LogP contribution in [0.2, 0.25) is 0 Å². The molecule has 1 aromatic carbocycles. The average Bonchev–Trinajstić information content (AvgIpc) is 2.76. The molecule has 0 unspecified atom stereocenters. The molecule has 1 N–H and O–H groups in total. The summed E-state index contributed by atoms with van der Waals surface area (Å²) in [6.45, 7) is 0. The van der Waals surface area contributed by atoms with E-state index in [-0.39, 0.29) is 17.7 Å². The first-order valence-corrected chi connectivity index (χ1v) is 7.58. The molecule has 1 aliphatic carbocycles. The number of nitrogens with zero attached hydrogens (tertiary/aromatic N) is 1. The van der Waals surface area contributed by atoms with Crippen molar-refractivity contribution in [2.24, 2.45) is 11.8 Å². The molecule has 1 heterocycles. The number of carboxylic acid groups (broad SMARTS) is 1. The van der Waals surface area contributed by atoms with Crippen molar-refractivity contribution in [2.75, 3.05) is 4.90 Å². The minimum atomic E-state index is -1.06. The van der Waals surface area contributed by atoms with E-state index < -0.39 is 11.9 Å². The second-order valence-electron chi connectivity index (χ2n) is 5.58. The van der Waals surface area contributed by atoms with E-state index in [1.54, 1.807) is 30.3 Å². The van der Waals surface area contributed by atoms with Crippen LogP contribution in [0.5, 0.6) is 0 Å². The van der Waals surface area contributed by atoms with Gasteiger partial charge in [-0.2, -0.15) is 0 Å². The maximum absolute atomic E-state index is 12.6. The Morgan fingerprint density at radius 2 is 2.00 bits per heavy atom. The van der Waals surface area contributed by atoms with Crippen molar-refractivity contribution < 1.29 is 19.5 Å². The van der Waals surface area contributed by atoms with E-state index in [4.69, 9.17) is 16.7 Å². The van der Waals surface area contributed by atoms with Crippen molar-refractivity contribution in [1.82, 2.24) is 0 Å². The summed E-state index contributed by atoms with van der Waals surface area (Å²) in [7, 11) is 0. The summed E-state index contributed by atoms with van der Waals surface area (Å²) in [5, 5.41) is 9.30. The topological polar surface area (TPSA) is 74.7 Å². The third-order valence-electron chi connectivity index (χ3n) is 4.12. The molecule has 1 fully saturated rings. The number of hydrogen-bond acceptors (Lipinski definition) is 3. The largest absolute Gasteiger partial charge is 0.478 e. The summed E-state index contributed by atoms with van der Waals surface area (Å²) in [4.78, 5) is 36.9. The number of carboxylic acids is 1. The van der Waals surface area contributed by atoms with Gasteiger partial charge >= 0.3 is 5.97 Å². The lowest BCUT2D eigenvalue weighted by Crippen LogP contribution is -2.30. The van der Waals surface area contributed by atoms with Crippen LogP contribution in [0.15, 0.2) is 41.4 Å². The van der Waals surface area contributed by atoms with E-state index in [1.807, 2.05) is 0 Å². The van der Waals surface area contributed by atoms with Gasteiger partial charge in [0.2, 0.25) is 11.8 Å². The van der Waals surface area contributed by atoms with Crippen molar-refractivity contribution in [3.05, 3.63) is 47.0 Å². The number of allylic oxidation sites excluding steroid dienone is 2. The Labute approximate surface area is 137 Å². The Balaban J connectivity index is 1.91. The predicted octanol–water partition coefficient (Wildman–Crippen LogP) is 2.81. The Morgan fingerprint density at radius 1 is 1.26 bits per heavy atom. The summed E-state index contributed by atoms with van der Waals surface area (Å²) in [5.74, 6) is -2.29. The molecule has 0 saturated carbocycles. The first-order valence-electron chi connectivity index (χ1n) is 7.21. The van der Waals surface area contributed by atoms with E-state index in [9.17, 15) is 14.4 Å². The molecule has 2 aliphatic rings. The molecule has 0 spiro atoms. The second kappa shape index (κ2) is 6.01. The number of anilines is 1. The number of fused-ring (bicyclic) bond motifs is 1. The quantitative estimate of drug-likeness (QED) is 0.682. The molecule has 3 rings (SSSR count). The molecule has 23 heavy (non-hydrogen) atoms. The molecule has 2 atom stereocenters. The van der Waals surface area contributed by atoms with Gasteiger partial charge < -0.3 is 5.11 Å². The molecular weight excluding hydrogens is 318 g/mol. The zero-order chi connectivity index (χ0) is 16.6. The molecule has 6 heteroatoms. The molecule has 2 amide bonds. The van der Waals surface area contributed by atoms with Crippen molar-refractivity contribution in [1.29, 1.82) is 0 Å². The fourth-order valence-corrected chi connectivity index (χ4v) is 3.27. The lowest BCUT2D eigenvalue weighted by Gasteiger charge is -2.17. The summed E-state index contributed by atoms with van der Waals surface area (Å²) < 4.78 is 0. The van der Waals surface area contributed by atoms with Crippen LogP contribution < -0.4 is 4.90 Å². The van der Waals surface area contributed by atoms with E-state index in [2.05, 4.69) is 0 Å². The zero-order valence-corrected chi connectivity index (χ0v) is 12.9. The third kappa shape index (κ3) is 2.92. The maximum Gasteiger partial charge on any atom is 0.328 e. The van der Waals surface area contributed by atoms with Crippen molar-refractivity contribution >= 4 is 41.1 Å². The highest BCUT2D eigenvalue weighted by Gasteiger charge is 2.48. The molecule has 0 bridgehead atoms. The number of halogens is 1. The first kappa shape index (κ1) is 15.5. The summed E-state index contributed by atoms with van der Waals surface area (Å²) in [6, 6.07) is 6.69. The minimum absolute atomic E-state index is 0.222. The predicted molar refractivity (Wildman–Crippen MR) is 85.8 cm³/mol. The van der Waals surface area contributed by atoms with E-state index >= 15 is 0 Å². The number of aliphatic carboxylic acids is 1. The zero-order valence-electron chi connectivity index (χ0n) is 12.1. The normalized spacial score (nSPS) is 24.0. The van der Waals surface area contributed by atoms with E-state index in [0.717, 1.165) is 6.08 Å². The average molecular weight is 332 g/mol. The van der Waals surface area contributed by atoms with Crippen LogP contribution >= 0.6 is 11.6 Å². The SMILES string of the molecule is O=C(O)C=Cc1cccc(N2C(=O)[C@H]3CC(Cl)=CC[C@H]3C2=O)c1. The Kier molecular flexibility index (Phi) is 4.05. The van der Waals surface area contributed by atoms with Crippen molar-refractivity contribution in [3.63, 3.8) is 0 Å².